The highest BCUT2D eigenvalue weighted by molar-refractivity contribution is 8.00. The minimum atomic E-state index is -3.61. The van der Waals surface area contributed by atoms with E-state index in [9.17, 15) is 8.42 Å². The molecule has 0 unspecified atom stereocenters. The van der Waals surface area contributed by atoms with Crippen molar-refractivity contribution in [1.82, 2.24) is 20.2 Å². The number of nitrogens with zero attached hydrogens (tertiary/aromatic N) is 1. The average molecular weight is 335 g/mol. The number of hydrogen-bond donors (Lipinski definition) is 3. The zero-order valence-electron chi connectivity index (χ0n) is 13.6. The number of aromatic amines is 1. The van der Waals surface area contributed by atoms with Gasteiger partial charge in [-0.3, -0.25) is 5.10 Å². The van der Waals surface area contributed by atoms with Gasteiger partial charge < -0.3 is 5.32 Å². The van der Waals surface area contributed by atoms with E-state index in [-0.39, 0.29) is 15.8 Å². The van der Waals surface area contributed by atoms with Gasteiger partial charge in [-0.05, 0) is 27.0 Å². The molecule has 6 nitrogen and oxygen atoms in total. The van der Waals surface area contributed by atoms with Crippen molar-refractivity contribution in [2.24, 2.45) is 0 Å². The van der Waals surface area contributed by atoms with Crippen LogP contribution in [0.25, 0.3) is 0 Å². The Hall–Kier alpha value is -0.570. The first-order valence-corrected chi connectivity index (χ1v) is 9.62. The third-order valence-corrected chi connectivity index (χ3v) is 5.84. The van der Waals surface area contributed by atoms with Crippen LogP contribution in [0.1, 0.15) is 39.0 Å². The monoisotopic (exact) mass is 334 g/mol. The van der Waals surface area contributed by atoms with Crippen LogP contribution in [0.4, 0.5) is 0 Å². The molecule has 0 spiro atoms. The van der Waals surface area contributed by atoms with E-state index in [4.69, 9.17) is 0 Å². The maximum absolute atomic E-state index is 12.4. The second kappa shape index (κ2) is 7.13. The molecule has 8 heteroatoms. The van der Waals surface area contributed by atoms with E-state index < -0.39 is 10.0 Å². The first-order chi connectivity index (χ1) is 9.59. The summed E-state index contributed by atoms with van der Waals surface area (Å²) in [6.45, 7) is 10.7. The quantitative estimate of drug-likeness (QED) is 0.673. The van der Waals surface area contributed by atoms with Crippen molar-refractivity contribution in [3.63, 3.8) is 0 Å². The standard InChI is InChI=1S/C13H26N4O2S2/c1-9(2)14-7-11-10(3)16-17-12(11)21(18,19)15-8-13(4,5)20-6/h9,14-15H,7-8H2,1-6H3,(H,16,17). The molecule has 0 saturated heterocycles. The largest absolute Gasteiger partial charge is 0.310 e. The van der Waals surface area contributed by atoms with Crippen molar-refractivity contribution >= 4 is 21.8 Å². The fraction of sp³-hybridized carbons (Fsp3) is 0.769. The van der Waals surface area contributed by atoms with Crippen LogP contribution in [0.2, 0.25) is 0 Å². The number of rotatable bonds is 8. The number of nitrogens with one attached hydrogen (secondary N) is 3. The number of aromatic nitrogens is 2. The normalized spacial score (nSPS) is 13.1. The van der Waals surface area contributed by atoms with E-state index in [1.807, 2.05) is 40.9 Å². The Labute approximate surface area is 131 Å². The lowest BCUT2D eigenvalue weighted by molar-refractivity contribution is 0.557. The molecular formula is C13H26N4O2S2. The summed E-state index contributed by atoms with van der Waals surface area (Å²) in [6.07, 6.45) is 1.96. The zero-order chi connectivity index (χ0) is 16.3. The number of hydrogen-bond acceptors (Lipinski definition) is 5. The third kappa shape index (κ3) is 5.28. The summed E-state index contributed by atoms with van der Waals surface area (Å²) < 4.78 is 27.4. The molecule has 0 aliphatic heterocycles. The van der Waals surface area contributed by atoms with E-state index in [1.54, 1.807) is 11.8 Å². The highest BCUT2D eigenvalue weighted by Gasteiger charge is 2.26. The molecule has 0 radical (unpaired) electrons. The minimum absolute atomic E-state index is 0.0880. The van der Waals surface area contributed by atoms with Gasteiger partial charge in [-0.15, -0.1) is 0 Å². The van der Waals surface area contributed by atoms with Crippen LogP contribution in [0, 0.1) is 6.92 Å². The maximum Gasteiger partial charge on any atom is 0.260 e. The average Bonchev–Trinajstić information content (AvgIpc) is 2.76. The van der Waals surface area contributed by atoms with Gasteiger partial charge in [-0.1, -0.05) is 13.8 Å². The molecule has 0 fully saturated rings. The van der Waals surface area contributed by atoms with Gasteiger partial charge in [0, 0.05) is 35.1 Å². The van der Waals surface area contributed by atoms with Crippen molar-refractivity contribution in [3.8, 4) is 0 Å². The zero-order valence-corrected chi connectivity index (χ0v) is 15.2. The molecule has 1 heterocycles. The number of aryl methyl sites for hydroxylation is 1. The summed E-state index contributed by atoms with van der Waals surface area (Å²) in [5.74, 6) is 0. The van der Waals surface area contributed by atoms with E-state index in [0.717, 1.165) is 5.69 Å². The topological polar surface area (TPSA) is 86.9 Å². The minimum Gasteiger partial charge on any atom is -0.310 e. The number of H-pyrrole nitrogens is 1. The first-order valence-electron chi connectivity index (χ1n) is 6.91. The van der Waals surface area contributed by atoms with E-state index in [1.165, 1.54) is 0 Å². The van der Waals surface area contributed by atoms with Crippen LogP contribution in [0.5, 0.6) is 0 Å². The molecule has 1 rings (SSSR count). The number of sulfonamides is 1. The molecule has 0 amide bonds. The highest BCUT2D eigenvalue weighted by Crippen LogP contribution is 2.21. The predicted molar refractivity (Wildman–Crippen MR) is 88.1 cm³/mol. The van der Waals surface area contributed by atoms with Crippen molar-refractivity contribution < 1.29 is 8.42 Å². The Morgan fingerprint density at radius 1 is 1.38 bits per heavy atom. The van der Waals surface area contributed by atoms with E-state index in [2.05, 4.69) is 20.2 Å². The van der Waals surface area contributed by atoms with Gasteiger partial charge in [0.15, 0.2) is 5.03 Å². The molecule has 0 aliphatic carbocycles. The van der Waals surface area contributed by atoms with Crippen molar-refractivity contribution in [2.75, 3.05) is 12.8 Å². The summed E-state index contributed by atoms with van der Waals surface area (Å²) in [6, 6.07) is 0.276. The van der Waals surface area contributed by atoms with Gasteiger partial charge in [0.25, 0.3) is 10.0 Å². The summed E-state index contributed by atoms with van der Waals surface area (Å²) in [4.78, 5) is 0. The molecule has 0 bridgehead atoms. The van der Waals surface area contributed by atoms with Crippen molar-refractivity contribution in [1.29, 1.82) is 0 Å². The lowest BCUT2D eigenvalue weighted by atomic mass is 10.2. The Balaban J connectivity index is 2.93. The lowest BCUT2D eigenvalue weighted by Gasteiger charge is -2.22. The Morgan fingerprint density at radius 3 is 2.52 bits per heavy atom. The molecular weight excluding hydrogens is 308 g/mol. The molecule has 21 heavy (non-hydrogen) atoms. The van der Waals surface area contributed by atoms with Gasteiger partial charge in [0.1, 0.15) is 0 Å². The van der Waals surface area contributed by atoms with Crippen LogP contribution >= 0.6 is 11.8 Å². The molecule has 1 aromatic rings. The van der Waals surface area contributed by atoms with Crippen LogP contribution in [-0.4, -0.2) is 42.2 Å². The second-order valence-electron chi connectivity index (χ2n) is 5.96. The Bertz CT molecular complexity index is 565. The highest BCUT2D eigenvalue weighted by atomic mass is 32.2. The fourth-order valence-corrected chi connectivity index (χ4v) is 3.29. The van der Waals surface area contributed by atoms with Crippen LogP contribution in [0.3, 0.4) is 0 Å². The van der Waals surface area contributed by atoms with Gasteiger partial charge in [0.05, 0.1) is 0 Å². The van der Waals surface area contributed by atoms with Crippen LogP contribution < -0.4 is 10.0 Å². The molecule has 122 valence electrons. The smallest absolute Gasteiger partial charge is 0.260 e. The molecule has 1 aromatic heterocycles. The summed E-state index contributed by atoms with van der Waals surface area (Å²) in [5.41, 5.74) is 1.46. The second-order valence-corrected chi connectivity index (χ2v) is 9.15. The Kier molecular flexibility index (Phi) is 6.27. The van der Waals surface area contributed by atoms with Gasteiger partial charge >= 0.3 is 0 Å². The van der Waals surface area contributed by atoms with E-state index in [0.29, 0.717) is 18.7 Å². The SMILES string of the molecule is CSC(C)(C)CNS(=O)(=O)c1n[nH]c(C)c1CNC(C)C. The Morgan fingerprint density at radius 2 is 2.00 bits per heavy atom. The lowest BCUT2D eigenvalue weighted by Crippen LogP contribution is -2.36. The molecule has 3 N–H and O–H groups in total. The van der Waals surface area contributed by atoms with Crippen LogP contribution in [-0.2, 0) is 16.6 Å². The summed E-state index contributed by atoms with van der Waals surface area (Å²) in [5, 5.41) is 10.0. The van der Waals surface area contributed by atoms with Crippen molar-refractivity contribution in [2.45, 2.75) is 57.0 Å². The molecule has 0 atom stereocenters. The first kappa shape index (κ1) is 18.5. The molecule has 0 aromatic carbocycles. The van der Waals surface area contributed by atoms with Gasteiger partial charge in [0.2, 0.25) is 0 Å². The van der Waals surface area contributed by atoms with Crippen molar-refractivity contribution in [3.05, 3.63) is 11.3 Å². The molecule has 0 saturated carbocycles. The van der Waals surface area contributed by atoms with Gasteiger partial charge in [-0.2, -0.15) is 16.9 Å². The van der Waals surface area contributed by atoms with E-state index >= 15 is 0 Å². The number of thioether (sulfide) groups is 1. The fourth-order valence-electron chi connectivity index (χ4n) is 1.58. The summed E-state index contributed by atoms with van der Waals surface area (Å²) >= 11 is 1.62. The molecule has 0 aliphatic rings. The predicted octanol–water partition coefficient (Wildman–Crippen LogP) is 1.64. The van der Waals surface area contributed by atoms with Crippen LogP contribution in [0.15, 0.2) is 5.03 Å². The summed E-state index contributed by atoms with van der Waals surface area (Å²) in [7, 11) is -3.61. The van der Waals surface area contributed by atoms with Gasteiger partial charge in [-0.25, -0.2) is 13.1 Å². The maximum atomic E-state index is 12.4. The third-order valence-electron chi connectivity index (χ3n) is 3.22.